The van der Waals surface area contributed by atoms with Gasteiger partial charge in [-0.15, -0.1) is 0 Å². The molecule has 2 rings (SSSR count). The first-order chi connectivity index (χ1) is 16.4. The molecule has 0 aliphatic rings. The second-order valence-corrected chi connectivity index (χ2v) is 8.62. The molecule has 0 amide bonds. The highest BCUT2D eigenvalue weighted by atomic mass is 19.1. The number of aryl methyl sites for hydroxylation is 1. The number of anilines is 1. The molecule has 7 heteroatoms. The van der Waals surface area contributed by atoms with Gasteiger partial charge in [0.25, 0.3) is 0 Å². The molecule has 0 atom stereocenters. The lowest BCUT2D eigenvalue weighted by Gasteiger charge is -2.22. The summed E-state index contributed by atoms with van der Waals surface area (Å²) in [6.07, 6.45) is 6.01. The number of rotatable bonds is 15. The van der Waals surface area contributed by atoms with Gasteiger partial charge in [-0.1, -0.05) is 13.8 Å². The van der Waals surface area contributed by atoms with Crippen molar-refractivity contribution in [3.05, 3.63) is 52.1 Å². The quantitative estimate of drug-likeness (QED) is 0.225. The Morgan fingerprint density at radius 3 is 2.47 bits per heavy atom. The average molecular weight is 471 g/mol. The van der Waals surface area contributed by atoms with Gasteiger partial charge in [-0.3, -0.25) is 9.59 Å². The topological polar surface area (TPSA) is 68.4 Å². The van der Waals surface area contributed by atoms with Crippen LogP contribution in [0.25, 0.3) is 11.6 Å². The smallest absolute Gasteiger partial charge is 0.152 e. The maximum Gasteiger partial charge on any atom is 0.152 e. The number of likely N-dealkylation sites (N-methyl/N-ethyl adjacent to an activating group) is 2. The zero-order valence-corrected chi connectivity index (χ0v) is 21.2. The fourth-order valence-electron chi connectivity index (χ4n) is 4.15. The molecule has 1 heterocycles. The van der Waals surface area contributed by atoms with Crippen molar-refractivity contribution in [3.8, 4) is 0 Å². The van der Waals surface area contributed by atoms with Crippen LogP contribution in [0.1, 0.15) is 59.6 Å². The molecule has 0 unspecified atom stereocenters. The SMILES string of the molecule is CCN(CC)CCN(C)CCCCc1[nH]c(/C=C(\C=O)c2cc(F)ccc2NC)c(C)c1C=O. The number of benzene rings is 1. The number of aromatic amines is 1. The number of carbonyl (C=O) groups excluding carboxylic acids is 2. The summed E-state index contributed by atoms with van der Waals surface area (Å²) in [7, 11) is 3.87. The predicted molar refractivity (Wildman–Crippen MR) is 139 cm³/mol. The third-order valence-electron chi connectivity index (χ3n) is 6.43. The van der Waals surface area contributed by atoms with Gasteiger partial charge in [0.1, 0.15) is 5.82 Å². The van der Waals surface area contributed by atoms with Gasteiger partial charge in [-0.25, -0.2) is 4.39 Å². The molecule has 1 aromatic carbocycles. The minimum atomic E-state index is -0.415. The van der Waals surface area contributed by atoms with E-state index in [-0.39, 0.29) is 0 Å². The number of hydrogen-bond acceptors (Lipinski definition) is 5. The number of aromatic nitrogens is 1. The summed E-state index contributed by atoms with van der Waals surface area (Å²) in [5.41, 5.74) is 4.48. The summed E-state index contributed by atoms with van der Waals surface area (Å²) in [6, 6.07) is 4.29. The van der Waals surface area contributed by atoms with E-state index in [1.165, 1.54) is 12.1 Å². The van der Waals surface area contributed by atoms with Crippen LogP contribution in [-0.2, 0) is 11.2 Å². The molecular formula is C27H39FN4O2. The van der Waals surface area contributed by atoms with E-state index in [4.69, 9.17) is 0 Å². The monoisotopic (exact) mass is 470 g/mol. The molecular weight excluding hydrogens is 431 g/mol. The van der Waals surface area contributed by atoms with Crippen LogP contribution in [0.15, 0.2) is 18.2 Å². The van der Waals surface area contributed by atoms with E-state index in [9.17, 15) is 14.0 Å². The number of nitrogens with one attached hydrogen (secondary N) is 2. The maximum absolute atomic E-state index is 13.8. The minimum Gasteiger partial charge on any atom is -0.388 e. The predicted octanol–water partition coefficient (Wildman–Crippen LogP) is 4.65. The van der Waals surface area contributed by atoms with Gasteiger partial charge < -0.3 is 20.1 Å². The van der Waals surface area contributed by atoms with E-state index in [1.807, 2.05) is 6.92 Å². The normalized spacial score (nSPS) is 11.9. The van der Waals surface area contributed by atoms with E-state index in [0.717, 1.165) is 69.5 Å². The van der Waals surface area contributed by atoms with Crippen LogP contribution in [0, 0.1) is 12.7 Å². The van der Waals surface area contributed by atoms with E-state index in [0.29, 0.717) is 34.4 Å². The van der Waals surface area contributed by atoms with Crippen molar-refractivity contribution in [3.63, 3.8) is 0 Å². The Morgan fingerprint density at radius 1 is 1.12 bits per heavy atom. The Labute approximate surface area is 203 Å². The van der Waals surface area contributed by atoms with Gasteiger partial charge in [0.15, 0.2) is 12.6 Å². The highest BCUT2D eigenvalue weighted by molar-refractivity contribution is 6.15. The fraction of sp³-hybridized carbons (Fsp3) is 0.481. The van der Waals surface area contributed by atoms with Crippen LogP contribution < -0.4 is 5.32 Å². The van der Waals surface area contributed by atoms with Crippen LogP contribution in [0.2, 0.25) is 0 Å². The van der Waals surface area contributed by atoms with E-state index in [1.54, 1.807) is 19.2 Å². The summed E-state index contributed by atoms with van der Waals surface area (Å²) in [4.78, 5) is 31.8. The minimum absolute atomic E-state index is 0.340. The first-order valence-electron chi connectivity index (χ1n) is 12.1. The largest absolute Gasteiger partial charge is 0.388 e. The first kappa shape index (κ1) is 27.5. The Balaban J connectivity index is 2.09. The fourth-order valence-corrected chi connectivity index (χ4v) is 4.15. The highest BCUT2D eigenvalue weighted by Gasteiger charge is 2.15. The number of allylic oxidation sites excluding steroid dienone is 1. The van der Waals surface area contributed by atoms with Crippen molar-refractivity contribution in [2.75, 3.05) is 52.1 Å². The summed E-state index contributed by atoms with van der Waals surface area (Å²) >= 11 is 0. The Hall–Kier alpha value is -2.77. The third kappa shape index (κ3) is 7.37. The number of unbranched alkanes of at least 4 members (excludes halogenated alkanes) is 1. The van der Waals surface area contributed by atoms with Gasteiger partial charge in [-0.05, 0) is 82.7 Å². The number of carbonyl (C=O) groups is 2. The van der Waals surface area contributed by atoms with Crippen molar-refractivity contribution >= 4 is 29.9 Å². The summed E-state index contributed by atoms with van der Waals surface area (Å²) in [5.74, 6) is -0.415. The van der Waals surface area contributed by atoms with Crippen LogP contribution in [-0.4, -0.2) is 74.2 Å². The molecule has 0 radical (unpaired) electrons. The van der Waals surface area contributed by atoms with E-state index in [2.05, 4.69) is 41.0 Å². The molecule has 0 saturated heterocycles. The second kappa shape index (κ2) is 13.8. The third-order valence-corrected chi connectivity index (χ3v) is 6.43. The zero-order valence-electron chi connectivity index (χ0n) is 21.2. The number of H-pyrrole nitrogens is 1. The van der Waals surface area contributed by atoms with Crippen molar-refractivity contribution < 1.29 is 14.0 Å². The second-order valence-electron chi connectivity index (χ2n) is 8.62. The molecule has 0 fully saturated rings. The van der Waals surface area contributed by atoms with Crippen LogP contribution in [0.3, 0.4) is 0 Å². The molecule has 2 N–H and O–H groups in total. The molecule has 0 spiro atoms. The number of halogens is 1. The van der Waals surface area contributed by atoms with Crippen molar-refractivity contribution in [2.45, 2.75) is 40.0 Å². The van der Waals surface area contributed by atoms with Crippen molar-refractivity contribution in [2.24, 2.45) is 0 Å². The number of aldehydes is 2. The number of nitrogens with zero attached hydrogens (tertiary/aromatic N) is 2. The Kier molecular flexibility index (Phi) is 11.2. The van der Waals surface area contributed by atoms with Crippen molar-refractivity contribution in [1.82, 2.24) is 14.8 Å². The van der Waals surface area contributed by atoms with E-state index >= 15 is 0 Å². The molecule has 6 nitrogen and oxygen atoms in total. The Morgan fingerprint density at radius 2 is 1.85 bits per heavy atom. The first-order valence-corrected chi connectivity index (χ1v) is 12.1. The van der Waals surface area contributed by atoms with Gasteiger partial charge in [0.2, 0.25) is 0 Å². The molecule has 0 aliphatic heterocycles. The van der Waals surface area contributed by atoms with Crippen LogP contribution in [0.4, 0.5) is 10.1 Å². The van der Waals surface area contributed by atoms with Crippen molar-refractivity contribution in [1.29, 1.82) is 0 Å². The lowest BCUT2D eigenvalue weighted by molar-refractivity contribution is -0.103. The zero-order chi connectivity index (χ0) is 25.1. The lowest BCUT2D eigenvalue weighted by Crippen LogP contribution is -2.33. The summed E-state index contributed by atoms with van der Waals surface area (Å²) in [5, 5.41) is 2.99. The summed E-state index contributed by atoms with van der Waals surface area (Å²) < 4.78 is 13.8. The average Bonchev–Trinajstić information content (AvgIpc) is 3.14. The molecule has 0 saturated carbocycles. The van der Waals surface area contributed by atoms with Crippen LogP contribution in [0.5, 0.6) is 0 Å². The molecule has 0 aliphatic carbocycles. The summed E-state index contributed by atoms with van der Waals surface area (Å²) in [6.45, 7) is 11.5. The lowest BCUT2D eigenvalue weighted by atomic mass is 10.0. The van der Waals surface area contributed by atoms with Crippen LogP contribution >= 0.6 is 0 Å². The molecule has 2 aromatic rings. The Bertz CT molecular complexity index is 979. The van der Waals surface area contributed by atoms with E-state index < -0.39 is 5.82 Å². The molecule has 186 valence electrons. The molecule has 1 aromatic heterocycles. The van der Waals surface area contributed by atoms with Gasteiger partial charge in [-0.2, -0.15) is 0 Å². The van der Waals surface area contributed by atoms with Gasteiger partial charge in [0, 0.05) is 53.9 Å². The van der Waals surface area contributed by atoms with Gasteiger partial charge in [0.05, 0.1) is 0 Å². The maximum atomic E-state index is 13.8. The molecule has 34 heavy (non-hydrogen) atoms. The highest BCUT2D eigenvalue weighted by Crippen LogP contribution is 2.27. The van der Waals surface area contributed by atoms with Gasteiger partial charge >= 0.3 is 0 Å². The standard InChI is InChI=1S/C27H39FN4O2/c1-6-32(7-2)15-14-31(5)13-9-8-10-26-24(19-34)20(3)27(30-26)16-21(18-33)23-17-22(28)11-12-25(23)29-4/h11-12,16-19,29-30H,6-10,13-15H2,1-5H3/b21-16+. The number of hydrogen-bond donors (Lipinski definition) is 2. The molecule has 0 bridgehead atoms.